The van der Waals surface area contributed by atoms with Crippen molar-refractivity contribution in [2.75, 3.05) is 11.9 Å². The van der Waals surface area contributed by atoms with Gasteiger partial charge in [-0.1, -0.05) is 20.8 Å². The van der Waals surface area contributed by atoms with E-state index in [0.717, 1.165) is 12.1 Å². The number of rotatable bonds is 3. The van der Waals surface area contributed by atoms with E-state index in [2.05, 4.69) is 37.6 Å². The maximum Gasteiger partial charge on any atom is 0.153 e. The molecule has 1 aromatic rings. The van der Waals surface area contributed by atoms with Crippen LogP contribution in [-0.4, -0.2) is 24.4 Å². The van der Waals surface area contributed by atoms with Gasteiger partial charge in [-0.3, -0.25) is 4.79 Å². The van der Waals surface area contributed by atoms with Crippen molar-refractivity contribution in [1.82, 2.24) is 4.98 Å². The summed E-state index contributed by atoms with van der Waals surface area (Å²) in [5, 5.41) is 0. The van der Waals surface area contributed by atoms with Gasteiger partial charge < -0.3 is 4.90 Å². The summed E-state index contributed by atoms with van der Waals surface area (Å²) in [6.07, 6.45) is 2.57. The molecule has 1 atom stereocenters. The van der Waals surface area contributed by atoms with E-state index in [0.29, 0.717) is 11.6 Å². The van der Waals surface area contributed by atoms with Gasteiger partial charge in [0.1, 0.15) is 5.82 Å². The van der Waals surface area contributed by atoms with Crippen molar-refractivity contribution in [2.24, 2.45) is 5.41 Å². The molecule has 3 heteroatoms. The summed E-state index contributed by atoms with van der Waals surface area (Å²) in [7, 11) is 1.98. The lowest BCUT2D eigenvalue weighted by atomic mass is 9.87. The van der Waals surface area contributed by atoms with Crippen LogP contribution in [0.3, 0.4) is 0 Å². The molecule has 0 N–H and O–H groups in total. The number of carbonyl (C=O) groups excluding carboxylic acids is 1. The molecule has 0 aliphatic heterocycles. The molecule has 16 heavy (non-hydrogen) atoms. The van der Waals surface area contributed by atoms with Crippen molar-refractivity contribution in [2.45, 2.75) is 33.7 Å². The van der Waals surface area contributed by atoms with Crippen LogP contribution in [0.25, 0.3) is 0 Å². The first-order chi connectivity index (χ1) is 7.38. The Kier molecular flexibility index (Phi) is 3.68. The lowest BCUT2D eigenvalue weighted by Gasteiger charge is -2.36. The predicted octanol–water partition coefficient (Wildman–Crippen LogP) is 2.76. The van der Waals surface area contributed by atoms with Crippen molar-refractivity contribution in [3.05, 3.63) is 23.9 Å². The second-order valence-corrected chi connectivity index (χ2v) is 5.19. The van der Waals surface area contributed by atoms with E-state index in [4.69, 9.17) is 0 Å². The van der Waals surface area contributed by atoms with Crippen LogP contribution in [0.15, 0.2) is 18.3 Å². The second kappa shape index (κ2) is 4.64. The number of pyridine rings is 1. The largest absolute Gasteiger partial charge is 0.356 e. The minimum atomic E-state index is 0.145. The molecule has 1 rings (SSSR count). The summed E-state index contributed by atoms with van der Waals surface area (Å²) in [6, 6.07) is 3.88. The molecule has 3 nitrogen and oxygen atoms in total. The molecule has 1 aromatic heterocycles. The average molecular weight is 220 g/mol. The fraction of sp³-hybridized carbons (Fsp3) is 0.538. The summed E-state index contributed by atoms with van der Waals surface area (Å²) in [4.78, 5) is 17.3. The van der Waals surface area contributed by atoms with E-state index in [1.807, 2.05) is 7.05 Å². The fourth-order valence-electron chi connectivity index (χ4n) is 1.56. The predicted molar refractivity (Wildman–Crippen MR) is 66.9 cm³/mol. The van der Waals surface area contributed by atoms with Gasteiger partial charge in [0.25, 0.3) is 0 Å². The number of aldehydes is 1. The highest BCUT2D eigenvalue weighted by molar-refractivity contribution is 5.82. The zero-order valence-electron chi connectivity index (χ0n) is 10.7. The fourth-order valence-corrected chi connectivity index (χ4v) is 1.56. The van der Waals surface area contributed by atoms with Gasteiger partial charge in [0.2, 0.25) is 0 Å². The first kappa shape index (κ1) is 12.7. The van der Waals surface area contributed by atoms with Gasteiger partial charge in [0, 0.05) is 19.3 Å². The topological polar surface area (TPSA) is 33.2 Å². The Morgan fingerprint density at radius 3 is 2.56 bits per heavy atom. The Balaban J connectivity index is 3.05. The van der Waals surface area contributed by atoms with Crippen molar-refractivity contribution in [1.29, 1.82) is 0 Å². The lowest BCUT2D eigenvalue weighted by molar-refractivity contribution is 0.112. The van der Waals surface area contributed by atoms with Gasteiger partial charge in [-0.05, 0) is 24.5 Å². The normalized spacial score (nSPS) is 13.3. The zero-order chi connectivity index (χ0) is 12.3. The number of aromatic nitrogens is 1. The van der Waals surface area contributed by atoms with Gasteiger partial charge in [-0.2, -0.15) is 0 Å². The van der Waals surface area contributed by atoms with Crippen LogP contribution in [0.1, 0.15) is 38.1 Å². The van der Waals surface area contributed by atoms with Gasteiger partial charge in [-0.25, -0.2) is 4.98 Å². The first-order valence-corrected chi connectivity index (χ1v) is 5.51. The van der Waals surface area contributed by atoms with Crippen molar-refractivity contribution < 1.29 is 4.79 Å². The van der Waals surface area contributed by atoms with E-state index in [1.54, 1.807) is 18.3 Å². The van der Waals surface area contributed by atoms with Crippen LogP contribution in [0.5, 0.6) is 0 Å². The molecule has 0 aliphatic rings. The number of hydrogen-bond donors (Lipinski definition) is 0. The number of nitrogens with zero attached hydrogens (tertiary/aromatic N) is 2. The van der Waals surface area contributed by atoms with Crippen LogP contribution in [-0.2, 0) is 0 Å². The second-order valence-electron chi connectivity index (χ2n) is 5.19. The van der Waals surface area contributed by atoms with Crippen molar-refractivity contribution in [3.8, 4) is 0 Å². The lowest BCUT2D eigenvalue weighted by Crippen LogP contribution is -2.40. The molecule has 0 spiro atoms. The summed E-state index contributed by atoms with van der Waals surface area (Å²) < 4.78 is 0. The molecule has 0 fully saturated rings. The van der Waals surface area contributed by atoms with Crippen LogP contribution < -0.4 is 4.90 Å². The van der Waals surface area contributed by atoms with Gasteiger partial charge in [0.05, 0.1) is 5.56 Å². The SMILES string of the molecule is CC(N(C)c1ncccc1C=O)C(C)(C)C. The van der Waals surface area contributed by atoms with Crippen LogP contribution in [0, 0.1) is 5.41 Å². The first-order valence-electron chi connectivity index (χ1n) is 5.51. The highest BCUT2D eigenvalue weighted by Gasteiger charge is 2.25. The van der Waals surface area contributed by atoms with E-state index < -0.39 is 0 Å². The third-order valence-corrected chi connectivity index (χ3v) is 3.11. The quantitative estimate of drug-likeness (QED) is 0.734. The summed E-state index contributed by atoms with van der Waals surface area (Å²) in [5.41, 5.74) is 0.785. The van der Waals surface area contributed by atoms with Gasteiger partial charge in [0.15, 0.2) is 6.29 Å². The summed E-state index contributed by atoms with van der Waals surface area (Å²) in [5.74, 6) is 0.750. The van der Waals surface area contributed by atoms with E-state index in [-0.39, 0.29) is 5.41 Å². The molecule has 0 bridgehead atoms. The van der Waals surface area contributed by atoms with Crippen LogP contribution >= 0.6 is 0 Å². The van der Waals surface area contributed by atoms with E-state index in [1.165, 1.54) is 0 Å². The Labute approximate surface area is 97.5 Å². The van der Waals surface area contributed by atoms with Crippen molar-refractivity contribution in [3.63, 3.8) is 0 Å². The Morgan fingerprint density at radius 2 is 2.06 bits per heavy atom. The van der Waals surface area contributed by atoms with E-state index in [9.17, 15) is 4.79 Å². The highest BCUT2D eigenvalue weighted by Crippen LogP contribution is 2.27. The van der Waals surface area contributed by atoms with Gasteiger partial charge in [-0.15, -0.1) is 0 Å². The van der Waals surface area contributed by atoms with Crippen molar-refractivity contribution >= 4 is 12.1 Å². The maximum atomic E-state index is 10.9. The molecular formula is C13H20N2O. The number of anilines is 1. The van der Waals surface area contributed by atoms with Crippen LogP contribution in [0.2, 0.25) is 0 Å². The molecule has 0 aliphatic carbocycles. The molecular weight excluding hydrogens is 200 g/mol. The smallest absolute Gasteiger partial charge is 0.153 e. The Bertz CT molecular complexity index is 368. The van der Waals surface area contributed by atoms with Gasteiger partial charge >= 0.3 is 0 Å². The molecule has 1 unspecified atom stereocenters. The Hall–Kier alpha value is -1.38. The maximum absolute atomic E-state index is 10.9. The molecule has 0 radical (unpaired) electrons. The minimum Gasteiger partial charge on any atom is -0.356 e. The molecule has 0 aromatic carbocycles. The molecule has 0 saturated carbocycles. The number of carbonyl (C=O) groups is 1. The minimum absolute atomic E-state index is 0.145. The number of hydrogen-bond acceptors (Lipinski definition) is 3. The molecule has 88 valence electrons. The summed E-state index contributed by atoms with van der Waals surface area (Å²) in [6.45, 7) is 8.68. The summed E-state index contributed by atoms with van der Waals surface area (Å²) >= 11 is 0. The monoisotopic (exact) mass is 220 g/mol. The molecule has 1 heterocycles. The molecule has 0 saturated heterocycles. The van der Waals surface area contributed by atoms with Crippen LogP contribution in [0.4, 0.5) is 5.82 Å². The Morgan fingerprint density at radius 1 is 1.44 bits per heavy atom. The zero-order valence-corrected chi connectivity index (χ0v) is 10.7. The average Bonchev–Trinajstić information content (AvgIpc) is 2.25. The third-order valence-electron chi connectivity index (χ3n) is 3.11. The highest BCUT2D eigenvalue weighted by atomic mass is 16.1. The van der Waals surface area contributed by atoms with E-state index >= 15 is 0 Å². The third kappa shape index (κ3) is 2.60. The standard InChI is InChI=1S/C13H20N2O/c1-10(13(2,3)4)15(5)12-11(9-16)7-6-8-14-12/h6-10H,1-5H3. The molecule has 0 amide bonds.